The number of carboxylic acid groups (broad SMARTS) is 1. The van der Waals surface area contributed by atoms with Crippen molar-refractivity contribution in [2.75, 3.05) is 13.1 Å². The summed E-state index contributed by atoms with van der Waals surface area (Å²) in [7, 11) is 0. The fourth-order valence-electron chi connectivity index (χ4n) is 4.21. The van der Waals surface area contributed by atoms with E-state index in [0.717, 1.165) is 10.9 Å². The van der Waals surface area contributed by atoms with Crippen molar-refractivity contribution in [1.82, 2.24) is 14.6 Å². The minimum atomic E-state index is -1.25. The van der Waals surface area contributed by atoms with Gasteiger partial charge in [-0.25, -0.2) is 13.6 Å². The molecule has 3 N–H and O–H groups in total. The molecule has 1 aliphatic heterocycles. The predicted octanol–water partition coefficient (Wildman–Crippen LogP) is 5.85. The molecule has 0 aliphatic carbocycles. The number of nitrogens with two attached hydrogens (primary N) is 1. The lowest BCUT2D eigenvalue weighted by Gasteiger charge is -2.32. The monoisotopic (exact) mass is 536 g/mol. The van der Waals surface area contributed by atoms with Gasteiger partial charge in [-0.3, -0.25) is 0 Å². The van der Waals surface area contributed by atoms with Crippen LogP contribution in [0.15, 0.2) is 40.9 Å². The first kappa shape index (κ1) is 26.3. The van der Waals surface area contributed by atoms with Crippen molar-refractivity contribution >= 4 is 39.8 Å². The number of thiophene rings is 1. The van der Waals surface area contributed by atoms with E-state index in [1.807, 2.05) is 0 Å². The molecule has 4 aromatic rings. The first-order chi connectivity index (χ1) is 17.1. The Morgan fingerprint density at radius 3 is 2.58 bits per heavy atom. The van der Waals surface area contributed by atoms with E-state index in [9.17, 15) is 18.7 Å². The molecular weight excluding hydrogens is 510 g/mol. The summed E-state index contributed by atoms with van der Waals surface area (Å²) in [5.41, 5.74) is 5.99. The minimum Gasteiger partial charge on any atom is -0.477 e. The Bertz CT molecular complexity index is 1360. The van der Waals surface area contributed by atoms with Crippen LogP contribution in [0.4, 0.5) is 8.78 Å². The van der Waals surface area contributed by atoms with Gasteiger partial charge in [0.15, 0.2) is 5.76 Å². The zero-order valence-corrected chi connectivity index (χ0v) is 21.5. The molecule has 0 amide bonds. The van der Waals surface area contributed by atoms with Gasteiger partial charge in [-0.15, -0.1) is 11.3 Å². The van der Waals surface area contributed by atoms with Gasteiger partial charge >= 0.3 is 5.97 Å². The van der Waals surface area contributed by atoms with Crippen LogP contribution in [0.2, 0.25) is 4.34 Å². The maximum atomic E-state index is 14.2. The van der Waals surface area contributed by atoms with Crippen molar-refractivity contribution in [1.29, 1.82) is 0 Å². The number of carbonyl (C=O) groups is 1. The van der Waals surface area contributed by atoms with Crippen molar-refractivity contribution in [3.05, 3.63) is 63.8 Å². The number of aromatic carboxylic acids is 1. The third kappa shape index (κ3) is 5.95. The third-order valence-corrected chi connectivity index (χ3v) is 7.38. The molecule has 0 unspecified atom stereocenters. The van der Waals surface area contributed by atoms with Gasteiger partial charge in [-0.2, -0.15) is 0 Å². The summed E-state index contributed by atoms with van der Waals surface area (Å²) in [6.45, 7) is 6.83. The summed E-state index contributed by atoms with van der Waals surface area (Å²) in [5, 5.41) is 13.5. The van der Waals surface area contributed by atoms with E-state index in [0.29, 0.717) is 33.9 Å². The summed E-state index contributed by atoms with van der Waals surface area (Å²) >= 11 is 7.20. The Morgan fingerprint density at radius 1 is 1.25 bits per heavy atom. The van der Waals surface area contributed by atoms with Crippen LogP contribution < -0.4 is 5.73 Å². The lowest BCUT2D eigenvalue weighted by atomic mass is 10.1. The molecule has 1 aromatic carbocycles. The van der Waals surface area contributed by atoms with Gasteiger partial charge < -0.3 is 24.8 Å². The van der Waals surface area contributed by atoms with Crippen molar-refractivity contribution < 1.29 is 23.2 Å². The van der Waals surface area contributed by atoms with Crippen LogP contribution in [0, 0.1) is 11.6 Å². The molecule has 36 heavy (non-hydrogen) atoms. The van der Waals surface area contributed by atoms with E-state index in [1.165, 1.54) is 47.9 Å². The lowest BCUT2D eigenvalue weighted by molar-refractivity contribution is 0.0686. The maximum absolute atomic E-state index is 14.2. The summed E-state index contributed by atoms with van der Waals surface area (Å²) in [6.07, 6.45) is 2.36. The van der Waals surface area contributed by atoms with Crippen LogP contribution in [0.3, 0.4) is 0 Å². The van der Waals surface area contributed by atoms with E-state index < -0.39 is 17.6 Å². The molecule has 1 aliphatic rings. The molecule has 0 bridgehead atoms. The second-order valence-electron chi connectivity index (χ2n) is 9.00. The van der Waals surface area contributed by atoms with Crippen molar-refractivity contribution in [2.45, 2.75) is 45.3 Å². The van der Waals surface area contributed by atoms with Crippen molar-refractivity contribution in [3.63, 3.8) is 0 Å². The number of fused-ring (bicyclic) bond motifs is 1. The topological polar surface area (TPSA) is 97.5 Å². The van der Waals surface area contributed by atoms with Gasteiger partial charge in [0, 0.05) is 29.6 Å². The number of hydrogen-bond acceptors (Lipinski definition) is 6. The molecule has 5 rings (SSSR count). The Labute approximate surface area is 216 Å². The number of halogens is 3. The zero-order chi connectivity index (χ0) is 26.0. The van der Waals surface area contributed by atoms with Crippen LogP contribution in [-0.4, -0.2) is 50.9 Å². The van der Waals surface area contributed by atoms with Crippen LogP contribution in [0.5, 0.6) is 0 Å². The Morgan fingerprint density at radius 2 is 1.97 bits per heavy atom. The molecule has 4 heterocycles. The molecular formula is C25H27ClF2N4O3S. The van der Waals surface area contributed by atoms with E-state index in [2.05, 4.69) is 23.9 Å². The van der Waals surface area contributed by atoms with E-state index >= 15 is 0 Å². The average molecular weight is 537 g/mol. The fourth-order valence-corrected chi connectivity index (χ4v) is 5.21. The van der Waals surface area contributed by atoms with Crippen LogP contribution in [0.1, 0.15) is 42.9 Å². The summed E-state index contributed by atoms with van der Waals surface area (Å²) in [6, 6.07) is 9.31. The number of nitrogens with zero attached hydrogens (tertiary/aromatic N) is 3. The number of benzene rings is 1. The van der Waals surface area contributed by atoms with E-state index in [1.54, 1.807) is 18.2 Å². The Hall–Kier alpha value is -2.79. The van der Waals surface area contributed by atoms with Gasteiger partial charge in [0.2, 0.25) is 0 Å². The maximum Gasteiger partial charge on any atom is 0.352 e. The highest BCUT2D eigenvalue weighted by atomic mass is 35.5. The summed E-state index contributed by atoms with van der Waals surface area (Å²) in [5.74, 6) is -2.41. The van der Waals surface area contributed by atoms with Crippen molar-refractivity contribution in [2.24, 2.45) is 5.73 Å². The highest BCUT2D eigenvalue weighted by Crippen LogP contribution is 2.32. The number of aromatic nitrogens is 2. The summed E-state index contributed by atoms with van der Waals surface area (Å²) < 4.78 is 34.8. The second-order valence-corrected chi connectivity index (χ2v) is 10.7. The predicted molar refractivity (Wildman–Crippen MR) is 137 cm³/mol. The van der Waals surface area contributed by atoms with Crippen LogP contribution in [0.25, 0.3) is 21.5 Å². The number of rotatable bonds is 5. The lowest BCUT2D eigenvalue weighted by Crippen LogP contribution is -2.42. The summed E-state index contributed by atoms with van der Waals surface area (Å²) in [4.78, 5) is 14.8. The number of piperidine rings is 1. The zero-order valence-electron chi connectivity index (χ0n) is 19.9. The van der Waals surface area contributed by atoms with E-state index in [4.69, 9.17) is 21.9 Å². The fraction of sp³-hybridized carbons (Fsp3) is 0.360. The second kappa shape index (κ2) is 11.1. The van der Waals surface area contributed by atoms with Crippen molar-refractivity contribution in [3.8, 4) is 10.6 Å². The minimum absolute atomic E-state index is 0.00693. The average Bonchev–Trinajstić information content (AvgIpc) is 3.53. The first-order valence-electron chi connectivity index (χ1n) is 11.5. The molecule has 1 fully saturated rings. The largest absolute Gasteiger partial charge is 0.477 e. The third-order valence-electron chi connectivity index (χ3n) is 6.13. The SMILES string of the molecule is CC(C)N1CCC(N)CC1.O=C(O)c1cc2cc(F)cc(F)c2n1Cc1cc(-c2ccc(Cl)s2)on1. The highest BCUT2D eigenvalue weighted by molar-refractivity contribution is 7.19. The number of carboxylic acids is 1. The smallest absolute Gasteiger partial charge is 0.352 e. The van der Waals surface area contributed by atoms with Gasteiger partial charge in [-0.05, 0) is 64.0 Å². The standard InChI is InChI=1S/C17H9ClF2N2O3S.C8H18N2/c18-15-2-1-14(26-15)13-6-10(21-25-13)7-22-12(17(23)24)4-8-3-9(19)5-11(20)16(8)22;1-7(2)10-5-3-8(9)4-6-10/h1-6H,7H2,(H,23,24);7-8H,3-6,9H2,1-2H3. The molecule has 0 spiro atoms. The van der Waals surface area contributed by atoms with E-state index in [-0.39, 0.29) is 23.1 Å². The molecule has 1 saturated heterocycles. The Kier molecular flexibility index (Phi) is 8.09. The van der Waals surface area contributed by atoms with Gasteiger partial charge in [0.05, 0.1) is 21.3 Å². The number of likely N-dealkylation sites (tertiary alicyclic amines) is 1. The van der Waals surface area contributed by atoms with Crippen LogP contribution in [-0.2, 0) is 6.54 Å². The quantitative estimate of drug-likeness (QED) is 0.332. The van der Waals surface area contributed by atoms with Gasteiger partial charge in [-0.1, -0.05) is 16.8 Å². The molecule has 0 atom stereocenters. The normalized spacial score (nSPS) is 14.9. The molecule has 11 heteroatoms. The van der Waals surface area contributed by atoms with Gasteiger partial charge in [0.25, 0.3) is 0 Å². The number of hydrogen-bond donors (Lipinski definition) is 2. The first-order valence-corrected chi connectivity index (χ1v) is 12.7. The molecule has 0 saturated carbocycles. The molecule has 7 nitrogen and oxygen atoms in total. The molecule has 3 aromatic heterocycles. The van der Waals surface area contributed by atoms with Gasteiger partial charge in [0.1, 0.15) is 23.0 Å². The van der Waals surface area contributed by atoms with Crippen LogP contribution >= 0.6 is 22.9 Å². The Balaban J connectivity index is 0.000000256. The highest BCUT2D eigenvalue weighted by Gasteiger charge is 2.20. The molecule has 192 valence electrons. The molecule has 0 radical (unpaired) electrons.